The van der Waals surface area contributed by atoms with Crippen LogP contribution in [-0.2, 0) is 11.2 Å². The van der Waals surface area contributed by atoms with Crippen LogP contribution in [0.2, 0.25) is 0 Å². The average molecular weight is 436 g/mol. The molecule has 0 bridgehead atoms. The first kappa shape index (κ1) is 21.5. The number of carbonyl (C=O) groups is 2. The van der Waals surface area contributed by atoms with Gasteiger partial charge in [0.05, 0.1) is 19.2 Å². The number of methoxy groups -OCH3 is 1. The Kier molecular flexibility index (Phi) is 6.49. The molecular formula is C24H25FN4O3. The number of likely N-dealkylation sites (tertiary alicyclic amines) is 1. The van der Waals surface area contributed by atoms with E-state index in [1.165, 1.54) is 12.1 Å². The smallest absolute Gasteiger partial charge is 0.271 e. The van der Waals surface area contributed by atoms with Gasteiger partial charge in [0.2, 0.25) is 5.91 Å². The maximum absolute atomic E-state index is 13.1. The van der Waals surface area contributed by atoms with Crippen molar-refractivity contribution in [2.75, 3.05) is 20.2 Å². The van der Waals surface area contributed by atoms with Gasteiger partial charge in [0.25, 0.3) is 5.91 Å². The molecule has 2 aromatic carbocycles. The minimum atomic E-state index is -0.320. The normalized spacial score (nSPS) is 14.2. The van der Waals surface area contributed by atoms with Crippen LogP contribution in [0.1, 0.15) is 28.9 Å². The second kappa shape index (κ2) is 9.64. The summed E-state index contributed by atoms with van der Waals surface area (Å²) in [5.74, 6) is 0.232. The quantitative estimate of drug-likeness (QED) is 0.621. The number of H-pyrrole nitrogens is 1. The Morgan fingerprint density at radius 3 is 2.62 bits per heavy atom. The Balaban J connectivity index is 1.28. The molecule has 0 aliphatic carbocycles. The lowest BCUT2D eigenvalue weighted by Gasteiger charge is -2.32. The number of aromatic nitrogens is 2. The van der Waals surface area contributed by atoms with Crippen molar-refractivity contribution in [3.8, 4) is 17.0 Å². The molecular weight excluding hydrogens is 411 g/mol. The van der Waals surface area contributed by atoms with Crippen molar-refractivity contribution >= 4 is 11.8 Å². The lowest BCUT2D eigenvalue weighted by atomic mass is 10.0. The van der Waals surface area contributed by atoms with Crippen molar-refractivity contribution in [2.45, 2.75) is 25.3 Å². The molecule has 2 amide bonds. The van der Waals surface area contributed by atoms with Gasteiger partial charge in [-0.3, -0.25) is 14.7 Å². The number of aromatic amines is 1. The van der Waals surface area contributed by atoms with E-state index < -0.39 is 0 Å². The van der Waals surface area contributed by atoms with E-state index in [9.17, 15) is 14.0 Å². The standard InChI is InChI=1S/C24H25FN4O3/c1-32-20-4-2-3-16(13-20)14-23(30)26-19-9-11-29(12-10-19)24(31)22-15-21(27-28-22)17-5-7-18(25)8-6-17/h2-8,13,15,19H,9-12,14H2,1H3,(H,26,30)(H,27,28). The van der Waals surface area contributed by atoms with E-state index in [1.54, 1.807) is 30.2 Å². The van der Waals surface area contributed by atoms with Gasteiger partial charge in [0, 0.05) is 24.7 Å². The number of nitrogens with zero attached hydrogens (tertiary/aromatic N) is 2. The lowest BCUT2D eigenvalue weighted by Crippen LogP contribution is -2.47. The number of hydrogen-bond acceptors (Lipinski definition) is 4. The SMILES string of the molecule is COc1cccc(CC(=O)NC2CCN(C(=O)c3cc(-c4ccc(F)cc4)n[nH]3)CC2)c1. The molecule has 1 fully saturated rings. The molecule has 166 valence electrons. The number of amides is 2. The van der Waals surface area contributed by atoms with Crippen molar-refractivity contribution in [1.82, 2.24) is 20.4 Å². The third kappa shape index (κ3) is 5.14. The molecule has 0 spiro atoms. The molecule has 1 saturated heterocycles. The Bertz CT molecular complexity index is 1090. The van der Waals surface area contributed by atoms with Gasteiger partial charge in [-0.1, -0.05) is 12.1 Å². The number of hydrogen-bond donors (Lipinski definition) is 2. The van der Waals surface area contributed by atoms with Gasteiger partial charge < -0.3 is 15.0 Å². The second-order valence-electron chi connectivity index (χ2n) is 7.84. The molecule has 1 aliphatic heterocycles. The van der Waals surface area contributed by atoms with Gasteiger partial charge in [-0.25, -0.2) is 4.39 Å². The Morgan fingerprint density at radius 1 is 1.16 bits per heavy atom. The number of benzene rings is 2. The number of nitrogens with one attached hydrogen (secondary N) is 2. The Hall–Kier alpha value is -3.68. The number of halogens is 1. The zero-order valence-electron chi connectivity index (χ0n) is 17.8. The molecule has 8 heteroatoms. The van der Waals surface area contributed by atoms with Crippen molar-refractivity contribution in [1.29, 1.82) is 0 Å². The van der Waals surface area contributed by atoms with Gasteiger partial charge in [0.1, 0.15) is 17.3 Å². The van der Waals surface area contributed by atoms with Crippen molar-refractivity contribution in [3.05, 3.63) is 71.7 Å². The minimum absolute atomic E-state index is 0.0358. The molecule has 2 N–H and O–H groups in total. The predicted octanol–water partition coefficient (Wildman–Crippen LogP) is 3.19. The molecule has 3 aromatic rings. The van der Waals surface area contributed by atoms with E-state index in [0.717, 1.165) is 16.9 Å². The van der Waals surface area contributed by atoms with E-state index in [2.05, 4.69) is 15.5 Å². The van der Waals surface area contributed by atoms with Crippen LogP contribution < -0.4 is 10.1 Å². The number of rotatable bonds is 6. The molecule has 2 heterocycles. The van der Waals surface area contributed by atoms with Crippen LogP contribution in [0.3, 0.4) is 0 Å². The molecule has 32 heavy (non-hydrogen) atoms. The van der Waals surface area contributed by atoms with Gasteiger partial charge in [-0.05, 0) is 60.9 Å². The van der Waals surface area contributed by atoms with Gasteiger partial charge >= 0.3 is 0 Å². The summed E-state index contributed by atoms with van der Waals surface area (Å²) in [6, 6.07) is 15.1. The maximum atomic E-state index is 13.1. The fourth-order valence-electron chi connectivity index (χ4n) is 3.84. The van der Waals surface area contributed by atoms with Crippen LogP contribution in [0.5, 0.6) is 5.75 Å². The lowest BCUT2D eigenvalue weighted by molar-refractivity contribution is -0.121. The van der Waals surface area contributed by atoms with Crippen LogP contribution >= 0.6 is 0 Å². The first-order valence-electron chi connectivity index (χ1n) is 10.5. The summed E-state index contributed by atoms with van der Waals surface area (Å²) in [5.41, 5.74) is 2.61. The molecule has 0 unspecified atom stereocenters. The topological polar surface area (TPSA) is 87.3 Å². The van der Waals surface area contributed by atoms with Gasteiger partial charge in [0.15, 0.2) is 0 Å². The monoisotopic (exact) mass is 436 g/mol. The highest BCUT2D eigenvalue weighted by atomic mass is 19.1. The van der Waals surface area contributed by atoms with E-state index in [-0.39, 0.29) is 30.1 Å². The number of carbonyl (C=O) groups excluding carboxylic acids is 2. The fourth-order valence-corrected chi connectivity index (χ4v) is 3.84. The number of ether oxygens (including phenoxy) is 1. The van der Waals surface area contributed by atoms with Gasteiger partial charge in [-0.2, -0.15) is 5.10 Å². The van der Waals surface area contributed by atoms with Crippen molar-refractivity contribution < 1.29 is 18.7 Å². The van der Waals surface area contributed by atoms with E-state index in [4.69, 9.17) is 4.74 Å². The van der Waals surface area contributed by atoms with Crippen LogP contribution in [0.15, 0.2) is 54.6 Å². The third-order valence-corrected chi connectivity index (χ3v) is 5.59. The molecule has 0 radical (unpaired) electrons. The summed E-state index contributed by atoms with van der Waals surface area (Å²) in [6.07, 6.45) is 1.67. The second-order valence-corrected chi connectivity index (χ2v) is 7.84. The maximum Gasteiger partial charge on any atom is 0.271 e. The van der Waals surface area contributed by atoms with E-state index in [0.29, 0.717) is 37.3 Å². The summed E-state index contributed by atoms with van der Waals surface area (Å²) in [4.78, 5) is 27.0. The predicted molar refractivity (Wildman–Crippen MR) is 118 cm³/mol. The van der Waals surface area contributed by atoms with Crippen LogP contribution in [0, 0.1) is 5.82 Å². The largest absolute Gasteiger partial charge is 0.497 e. The van der Waals surface area contributed by atoms with Crippen LogP contribution in [-0.4, -0.2) is 53.2 Å². The minimum Gasteiger partial charge on any atom is -0.497 e. The molecule has 0 atom stereocenters. The summed E-state index contributed by atoms with van der Waals surface area (Å²) in [5, 5.41) is 10.0. The fraction of sp³-hybridized carbons (Fsp3) is 0.292. The molecule has 0 saturated carbocycles. The van der Waals surface area contributed by atoms with Crippen molar-refractivity contribution in [3.63, 3.8) is 0 Å². The highest BCUT2D eigenvalue weighted by Gasteiger charge is 2.25. The van der Waals surface area contributed by atoms with E-state index >= 15 is 0 Å². The summed E-state index contributed by atoms with van der Waals surface area (Å²) < 4.78 is 18.3. The highest BCUT2D eigenvalue weighted by Crippen LogP contribution is 2.20. The Morgan fingerprint density at radius 2 is 1.91 bits per heavy atom. The summed E-state index contributed by atoms with van der Waals surface area (Å²) in [7, 11) is 1.60. The molecule has 7 nitrogen and oxygen atoms in total. The van der Waals surface area contributed by atoms with Crippen LogP contribution in [0.25, 0.3) is 11.3 Å². The first-order valence-corrected chi connectivity index (χ1v) is 10.5. The molecule has 4 rings (SSSR count). The molecule has 1 aromatic heterocycles. The first-order chi connectivity index (χ1) is 15.5. The zero-order chi connectivity index (χ0) is 22.5. The molecule has 1 aliphatic rings. The zero-order valence-corrected chi connectivity index (χ0v) is 17.8. The third-order valence-electron chi connectivity index (χ3n) is 5.59. The average Bonchev–Trinajstić information content (AvgIpc) is 3.30. The highest BCUT2D eigenvalue weighted by molar-refractivity contribution is 5.93. The number of piperidine rings is 1. The van der Waals surface area contributed by atoms with Gasteiger partial charge in [-0.15, -0.1) is 0 Å². The summed E-state index contributed by atoms with van der Waals surface area (Å²) >= 11 is 0. The van der Waals surface area contributed by atoms with Crippen LogP contribution in [0.4, 0.5) is 4.39 Å². The summed E-state index contributed by atoms with van der Waals surface area (Å²) in [6.45, 7) is 1.10. The van der Waals surface area contributed by atoms with E-state index in [1.807, 2.05) is 24.3 Å². The Labute approximate surface area is 185 Å². The van der Waals surface area contributed by atoms with Crippen molar-refractivity contribution in [2.24, 2.45) is 0 Å².